The van der Waals surface area contributed by atoms with Crippen LogP contribution in [-0.2, 0) is 16.0 Å². The third-order valence-electron chi connectivity index (χ3n) is 4.06. The van der Waals surface area contributed by atoms with Crippen molar-refractivity contribution in [2.75, 3.05) is 24.2 Å². The normalized spacial score (nSPS) is 11.9. The number of carbonyl (C=O) groups is 2. The molecule has 0 aliphatic rings. The molecule has 138 valence electrons. The summed E-state index contributed by atoms with van der Waals surface area (Å²) in [6, 6.07) is 10.8. The Morgan fingerprint density at radius 2 is 1.85 bits per heavy atom. The number of hydrogen-bond donors (Lipinski definition) is 2. The van der Waals surface area contributed by atoms with Crippen LogP contribution in [0.2, 0.25) is 0 Å². The topological polar surface area (TPSA) is 74.3 Å². The van der Waals surface area contributed by atoms with E-state index in [9.17, 15) is 9.59 Å². The van der Waals surface area contributed by atoms with Gasteiger partial charge < -0.3 is 10.6 Å². The number of anilines is 2. The first kappa shape index (κ1) is 20.1. The Bertz CT molecular complexity index is 747. The van der Waals surface area contributed by atoms with Gasteiger partial charge in [0.15, 0.2) is 0 Å². The van der Waals surface area contributed by atoms with Crippen molar-refractivity contribution in [3.63, 3.8) is 0 Å². The van der Waals surface area contributed by atoms with Gasteiger partial charge in [-0.1, -0.05) is 19.1 Å². The molecule has 1 atom stereocenters. The zero-order chi connectivity index (χ0) is 19.1. The maximum absolute atomic E-state index is 12.4. The van der Waals surface area contributed by atoms with Gasteiger partial charge in [-0.3, -0.25) is 14.5 Å². The Kier molecular flexibility index (Phi) is 7.29. The quantitative estimate of drug-likeness (QED) is 0.722. The lowest BCUT2D eigenvalue weighted by Crippen LogP contribution is -2.43. The van der Waals surface area contributed by atoms with Crippen LogP contribution in [0, 0.1) is 0 Å². The molecule has 1 aromatic heterocycles. The largest absolute Gasteiger partial charge is 0.325 e. The third-order valence-corrected chi connectivity index (χ3v) is 4.53. The molecule has 1 aromatic carbocycles. The number of nitrogens with zero attached hydrogens (tertiary/aromatic N) is 2. The number of halogens is 1. The molecule has 2 amide bonds. The standard InChI is InChI=1S/C19H23BrN4O2/c1-4-14-5-8-16(9-6-14)22-19(26)13(2)24(3)12-18(25)23-17-10-7-15(20)11-21-17/h5-11,13H,4,12H2,1-3H3,(H,22,26)(H,21,23,25). The average Bonchev–Trinajstić information content (AvgIpc) is 2.63. The van der Waals surface area contributed by atoms with Crippen LogP contribution in [0.3, 0.4) is 0 Å². The van der Waals surface area contributed by atoms with E-state index in [1.54, 1.807) is 37.2 Å². The number of aryl methyl sites for hydroxylation is 1. The Morgan fingerprint density at radius 1 is 1.15 bits per heavy atom. The summed E-state index contributed by atoms with van der Waals surface area (Å²) in [6.07, 6.45) is 2.56. The number of nitrogens with one attached hydrogen (secondary N) is 2. The van der Waals surface area contributed by atoms with Gasteiger partial charge in [0.25, 0.3) is 0 Å². The minimum atomic E-state index is -0.454. The van der Waals surface area contributed by atoms with Crippen molar-refractivity contribution in [3.8, 4) is 0 Å². The van der Waals surface area contributed by atoms with E-state index in [4.69, 9.17) is 0 Å². The van der Waals surface area contributed by atoms with Gasteiger partial charge in [0, 0.05) is 16.4 Å². The van der Waals surface area contributed by atoms with Gasteiger partial charge in [0.1, 0.15) is 5.82 Å². The summed E-state index contributed by atoms with van der Waals surface area (Å²) in [4.78, 5) is 30.3. The van der Waals surface area contributed by atoms with Crippen LogP contribution in [0.5, 0.6) is 0 Å². The van der Waals surface area contributed by atoms with E-state index < -0.39 is 6.04 Å². The minimum Gasteiger partial charge on any atom is -0.325 e. The fraction of sp³-hybridized carbons (Fsp3) is 0.316. The van der Waals surface area contributed by atoms with Crippen molar-refractivity contribution in [2.45, 2.75) is 26.3 Å². The molecule has 7 heteroatoms. The molecular weight excluding hydrogens is 396 g/mol. The summed E-state index contributed by atoms with van der Waals surface area (Å²) in [5.41, 5.74) is 1.96. The summed E-state index contributed by atoms with van der Waals surface area (Å²) in [7, 11) is 1.74. The predicted octanol–water partition coefficient (Wildman–Crippen LogP) is 3.30. The van der Waals surface area contributed by atoms with Crippen LogP contribution in [0.1, 0.15) is 19.4 Å². The van der Waals surface area contributed by atoms with Crippen molar-refractivity contribution < 1.29 is 9.59 Å². The summed E-state index contributed by atoms with van der Waals surface area (Å²) in [5.74, 6) is 0.0836. The van der Waals surface area contributed by atoms with E-state index in [0.29, 0.717) is 5.82 Å². The molecule has 2 rings (SSSR count). The van der Waals surface area contributed by atoms with Crippen LogP contribution >= 0.6 is 15.9 Å². The van der Waals surface area contributed by atoms with Gasteiger partial charge >= 0.3 is 0 Å². The molecule has 2 aromatic rings. The second kappa shape index (κ2) is 9.45. The van der Waals surface area contributed by atoms with E-state index >= 15 is 0 Å². The molecule has 1 heterocycles. The molecule has 0 saturated carbocycles. The van der Waals surface area contributed by atoms with Crippen LogP contribution in [-0.4, -0.2) is 41.3 Å². The molecule has 0 spiro atoms. The number of aromatic nitrogens is 1. The van der Waals surface area contributed by atoms with E-state index in [1.165, 1.54) is 5.56 Å². The highest BCUT2D eigenvalue weighted by Gasteiger charge is 2.20. The fourth-order valence-corrected chi connectivity index (χ4v) is 2.50. The summed E-state index contributed by atoms with van der Waals surface area (Å²) >= 11 is 3.29. The predicted molar refractivity (Wildman–Crippen MR) is 107 cm³/mol. The van der Waals surface area contributed by atoms with Gasteiger partial charge in [-0.15, -0.1) is 0 Å². The summed E-state index contributed by atoms with van der Waals surface area (Å²) < 4.78 is 0.838. The highest BCUT2D eigenvalue weighted by molar-refractivity contribution is 9.10. The highest BCUT2D eigenvalue weighted by atomic mass is 79.9. The van der Waals surface area contributed by atoms with Crippen molar-refractivity contribution in [1.29, 1.82) is 0 Å². The third kappa shape index (κ3) is 5.93. The molecule has 0 aliphatic heterocycles. The molecule has 0 fully saturated rings. The molecule has 0 saturated heterocycles. The van der Waals surface area contributed by atoms with E-state index in [-0.39, 0.29) is 18.4 Å². The Balaban J connectivity index is 1.86. The molecule has 0 radical (unpaired) electrons. The van der Waals surface area contributed by atoms with Gasteiger partial charge in [0.05, 0.1) is 12.6 Å². The van der Waals surface area contributed by atoms with Crippen molar-refractivity contribution in [3.05, 3.63) is 52.6 Å². The summed E-state index contributed by atoms with van der Waals surface area (Å²) in [6.45, 7) is 3.93. The zero-order valence-corrected chi connectivity index (χ0v) is 16.7. The first-order chi connectivity index (χ1) is 12.4. The van der Waals surface area contributed by atoms with E-state index in [1.807, 2.05) is 24.3 Å². The van der Waals surface area contributed by atoms with Crippen molar-refractivity contribution >= 4 is 39.2 Å². The number of pyridine rings is 1. The molecule has 2 N–H and O–H groups in total. The second-order valence-electron chi connectivity index (χ2n) is 6.04. The van der Waals surface area contributed by atoms with Crippen LogP contribution in [0.25, 0.3) is 0 Å². The lowest BCUT2D eigenvalue weighted by atomic mass is 10.1. The van der Waals surface area contributed by atoms with E-state index in [2.05, 4.69) is 38.5 Å². The molecule has 0 aliphatic carbocycles. The number of rotatable bonds is 7. The Morgan fingerprint density at radius 3 is 2.42 bits per heavy atom. The van der Waals surface area contributed by atoms with E-state index in [0.717, 1.165) is 16.6 Å². The molecule has 1 unspecified atom stereocenters. The smallest absolute Gasteiger partial charge is 0.241 e. The van der Waals surface area contributed by atoms with Crippen LogP contribution in [0.4, 0.5) is 11.5 Å². The molecule has 26 heavy (non-hydrogen) atoms. The van der Waals surface area contributed by atoms with Gasteiger partial charge in [-0.05, 0) is 66.2 Å². The zero-order valence-electron chi connectivity index (χ0n) is 15.1. The lowest BCUT2D eigenvalue weighted by molar-refractivity contribution is -0.122. The molecular formula is C19H23BrN4O2. The monoisotopic (exact) mass is 418 g/mol. The maximum Gasteiger partial charge on any atom is 0.241 e. The number of hydrogen-bond acceptors (Lipinski definition) is 4. The van der Waals surface area contributed by atoms with Crippen LogP contribution < -0.4 is 10.6 Å². The highest BCUT2D eigenvalue weighted by Crippen LogP contribution is 2.12. The lowest BCUT2D eigenvalue weighted by Gasteiger charge is -2.23. The first-order valence-electron chi connectivity index (χ1n) is 8.40. The maximum atomic E-state index is 12.4. The first-order valence-corrected chi connectivity index (χ1v) is 9.19. The minimum absolute atomic E-state index is 0.0844. The Labute approximate surface area is 162 Å². The number of amides is 2. The number of likely N-dealkylation sites (N-methyl/N-ethyl adjacent to an activating group) is 1. The summed E-state index contributed by atoms with van der Waals surface area (Å²) in [5, 5.41) is 5.59. The van der Waals surface area contributed by atoms with Gasteiger partial charge in [-0.25, -0.2) is 4.98 Å². The molecule has 6 nitrogen and oxygen atoms in total. The fourth-order valence-electron chi connectivity index (χ4n) is 2.27. The molecule has 0 bridgehead atoms. The van der Waals surface area contributed by atoms with Crippen molar-refractivity contribution in [1.82, 2.24) is 9.88 Å². The number of benzene rings is 1. The van der Waals surface area contributed by atoms with Gasteiger partial charge in [0.2, 0.25) is 11.8 Å². The number of carbonyl (C=O) groups excluding carboxylic acids is 2. The van der Waals surface area contributed by atoms with Crippen LogP contribution in [0.15, 0.2) is 47.1 Å². The van der Waals surface area contributed by atoms with Gasteiger partial charge in [-0.2, -0.15) is 0 Å². The van der Waals surface area contributed by atoms with Crippen molar-refractivity contribution in [2.24, 2.45) is 0 Å². The Hall–Kier alpha value is -2.25. The average molecular weight is 419 g/mol. The SMILES string of the molecule is CCc1ccc(NC(=O)C(C)N(C)CC(=O)Nc2ccc(Br)cn2)cc1. The second-order valence-corrected chi connectivity index (χ2v) is 6.96.